The standard InChI is InChI=1S/C15H13ClF3N3OS/c1-9(12-5-6-13(16)24-12)21-22-14(23)8-20-11-4-2-3-10(7-11)15(17,18)19/h2-7,20H,8H2,1H3,(H,22,23)/b21-9-. The lowest BCUT2D eigenvalue weighted by molar-refractivity contribution is -0.137. The summed E-state index contributed by atoms with van der Waals surface area (Å²) >= 11 is 7.14. The van der Waals surface area contributed by atoms with Gasteiger partial charge in [-0.2, -0.15) is 18.3 Å². The maximum atomic E-state index is 12.6. The van der Waals surface area contributed by atoms with E-state index in [1.54, 1.807) is 19.1 Å². The van der Waals surface area contributed by atoms with Crippen molar-refractivity contribution in [2.75, 3.05) is 11.9 Å². The van der Waals surface area contributed by atoms with Crippen molar-refractivity contribution in [3.8, 4) is 0 Å². The molecule has 0 unspecified atom stereocenters. The average Bonchev–Trinajstić information content (AvgIpc) is 2.96. The van der Waals surface area contributed by atoms with Crippen LogP contribution in [0.15, 0.2) is 41.5 Å². The maximum Gasteiger partial charge on any atom is 0.416 e. The quantitative estimate of drug-likeness (QED) is 0.602. The normalized spacial score (nSPS) is 12.1. The molecular formula is C15H13ClF3N3OS. The van der Waals surface area contributed by atoms with E-state index in [0.717, 1.165) is 17.0 Å². The summed E-state index contributed by atoms with van der Waals surface area (Å²) < 4.78 is 38.4. The molecule has 1 aromatic heterocycles. The predicted octanol–water partition coefficient (Wildman–Crippen LogP) is 4.37. The summed E-state index contributed by atoms with van der Waals surface area (Å²) in [6.45, 7) is 1.51. The van der Waals surface area contributed by atoms with Crippen molar-refractivity contribution in [2.24, 2.45) is 5.10 Å². The SMILES string of the molecule is C/C(=N/NC(=O)CNc1cccc(C(F)(F)F)c1)c1ccc(Cl)s1. The number of amides is 1. The van der Waals surface area contributed by atoms with Gasteiger partial charge in [0.05, 0.1) is 27.0 Å². The summed E-state index contributed by atoms with van der Waals surface area (Å²) in [7, 11) is 0. The number of carbonyl (C=O) groups excluding carboxylic acids is 1. The van der Waals surface area contributed by atoms with Crippen LogP contribution in [-0.2, 0) is 11.0 Å². The number of nitrogens with one attached hydrogen (secondary N) is 2. The Morgan fingerprint density at radius 3 is 2.67 bits per heavy atom. The van der Waals surface area contributed by atoms with E-state index in [-0.39, 0.29) is 12.2 Å². The van der Waals surface area contributed by atoms with Crippen LogP contribution in [0.1, 0.15) is 17.4 Å². The van der Waals surface area contributed by atoms with Crippen LogP contribution < -0.4 is 10.7 Å². The minimum atomic E-state index is -4.43. The number of hydrogen-bond acceptors (Lipinski definition) is 4. The zero-order chi connectivity index (χ0) is 17.7. The second kappa shape index (κ2) is 7.67. The molecule has 1 amide bonds. The highest BCUT2D eigenvalue weighted by atomic mass is 35.5. The van der Waals surface area contributed by atoms with E-state index in [4.69, 9.17) is 11.6 Å². The van der Waals surface area contributed by atoms with Gasteiger partial charge in [-0.1, -0.05) is 17.7 Å². The van der Waals surface area contributed by atoms with Gasteiger partial charge in [-0.15, -0.1) is 11.3 Å². The Hall–Kier alpha value is -2.06. The molecular weight excluding hydrogens is 363 g/mol. The number of nitrogens with zero attached hydrogens (tertiary/aromatic N) is 1. The second-order valence-corrected chi connectivity index (χ2v) is 6.48. The first-order valence-corrected chi connectivity index (χ1v) is 7.95. The third kappa shape index (κ3) is 5.24. The van der Waals surface area contributed by atoms with Crippen LogP contribution in [-0.4, -0.2) is 18.2 Å². The first-order chi connectivity index (χ1) is 11.3. The molecule has 0 bridgehead atoms. The second-order valence-electron chi connectivity index (χ2n) is 4.77. The molecule has 0 atom stereocenters. The Morgan fingerprint density at radius 1 is 1.29 bits per heavy atom. The molecule has 0 saturated carbocycles. The molecule has 0 saturated heterocycles. The number of benzene rings is 1. The fourth-order valence-electron chi connectivity index (χ4n) is 1.74. The molecule has 0 fully saturated rings. The van der Waals surface area contributed by atoms with Gasteiger partial charge in [0.15, 0.2) is 0 Å². The highest BCUT2D eigenvalue weighted by Gasteiger charge is 2.30. The molecule has 0 aliphatic heterocycles. The van der Waals surface area contributed by atoms with Gasteiger partial charge in [0.25, 0.3) is 5.91 Å². The van der Waals surface area contributed by atoms with Crippen molar-refractivity contribution in [1.29, 1.82) is 0 Å². The van der Waals surface area contributed by atoms with Crippen LogP contribution in [0, 0.1) is 0 Å². The maximum absolute atomic E-state index is 12.6. The minimum Gasteiger partial charge on any atom is -0.376 e. The Labute approximate surface area is 145 Å². The molecule has 4 nitrogen and oxygen atoms in total. The van der Waals surface area contributed by atoms with Crippen LogP contribution >= 0.6 is 22.9 Å². The van der Waals surface area contributed by atoms with Crippen LogP contribution in [0.5, 0.6) is 0 Å². The number of halogens is 4. The molecule has 128 valence electrons. The molecule has 2 aromatic rings. The predicted molar refractivity (Wildman–Crippen MR) is 89.6 cm³/mol. The fourth-order valence-corrected chi connectivity index (χ4v) is 2.73. The number of anilines is 1. The first-order valence-electron chi connectivity index (χ1n) is 6.75. The molecule has 0 radical (unpaired) electrons. The Morgan fingerprint density at radius 2 is 2.04 bits per heavy atom. The zero-order valence-corrected chi connectivity index (χ0v) is 14.0. The van der Waals surface area contributed by atoms with Gasteiger partial charge >= 0.3 is 6.18 Å². The smallest absolute Gasteiger partial charge is 0.376 e. The van der Waals surface area contributed by atoms with Crippen LogP contribution in [0.25, 0.3) is 0 Å². The number of thiophene rings is 1. The molecule has 0 spiro atoms. The Kier molecular flexibility index (Phi) is 5.84. The van der Waals surface area contributed by atoms with E-state index in [1.165, 1.54) is 23.5 Å². The van der Waals surface area contributed by atoms with Crippen molar-refractivity contribution < 1.29 is 18.0 Å². The molecule has 1 aromatic carbocycles. The summed E-state index contributed by atoms with van der Waals surface area (Å²) in [5.74, 6) is -0.477. The van der Waals surface area contributed by atoms with Gasteiger partial charge in [0.2, 0.25) is 0 Å². The highest BCUT2D eigenvalue weighted by Crippen LogP contribution is 2.30. The summed E-state index contributed by atoms with van der Waals surface area (Å²) in [5.41, 5.74) is 2.33. The van der Waals surface area contributed by atoms with E-state index < -0.39 is 17.6 Å². The molecule has 0 aliphatic carbocycles. The van der Waals surface area contributed by atoms with Crippen molar-refractivity contribution in [3.63, 3.8) is 0 Å². The monoisotopic (exact) mass is 375 g/mol. The van der Waals surface area contributed by atoms with Gasteiger partial charge in [0, 0.05) is 5.69 Å². The highest BCUT2D eigenvalue weighted by molar-refractivity contribution is 7.18. The molecule has 2 N–H and O–H groups in total. The van der Waals surface area contributed by atoms with Crippen LogP contribution in [0.3, 0.4) is 0 Å². The number of hydrogen-bond donors (Lipinski definition) is 2. The molecule has 2 rings (SSSR count). The van der Waals surface area contributed by atoms with Gasteiger partial charge in [-0.25, -0.2) is 5.43 Å². The fraction of sp³-hybridized carbons (Fsp3) is 0.200. The number of carbonyl (C=O) groups is 1. The topological polar surface area (TPSA) is 53.5 Å². The Balaban J connectivity index is 1.89. The van der Waals surface area contributed by atoms with E-state index in [1.807, 2.05) is 0 Å². The number of rotatable bonds is 5. The van der Waals surface area contributed by atoms with E-state index in [9.17, 15) is 18.0 Å². The van der Waals surface area contributed by atoms with Gasteiger partial charge in [0.1, 0.15) is 0 Å². The minimum absolute atomic E-state index is 0.200. The molecule has 9 heteroatoms. The number of alkyl halides is 3. The summed E-state index contributed by atoms with van der Waals surface area (Å²) in [4.78, 5) is 12.5. The van der Waals surface area contributed by atoms with Crippen molar-refractivity contribution >= 4 is 40.2 Å². The largest absolute Gasteiger partial charge is 0.416 e. The number of hydrazone groups is 1. The van der Waals surface area contributed by atoms with Crippen molar-refractivity contribution in [3.05, 3.63) is 51.2 Å². The molecule has 24 heavy (non-hydrogen) atoms. The van der Waals surface area contributed by atoms with Gasteiger partial charge in [-0.3, -0.25) is 4.79 Å². The third-order valence-electron chi connectivity index (χ3n) is 2.92. The first kappa shape index (κ1) is 18.3. The van der Waals surface area contributed by atoms with Crippen molar-refractivity contribution in [2.45, 2.75) is 13.1 Å². The van der Waals surface area contributed by atoms with Gasteiger partial charge in [-0.05, 0) is 37.3 Å². The van der Waals surface area contributed by atoms with Gasteiger partial charge < -0.3 is 5.32 Å². The zero-order valence-electron chi connectivity index (χ0n) is 12.4. The van der Waals surface area contributed by atoms with E-state index >= 15 is 0 Å². The summed E-state index contributed by atoms with van der Waals surface area (Å²) in [6.07, 6.45) is -4.43. The average molecular weight is 376 g/mol. The molecule has 1 heterocycles. The lowest BCUT2D eigenvalue weighted by atomic mass is 10.2. The van der Waals surface area contributed by atoms with E-state index in [2.05, 4.69) is 15.8 Å². The summed E-state index contributed by atoms with van der Waals surface area (Å²) in [6, 6.07) is 8.12. The van der Waals surface area contributed by atoms with Crippen LogP contribution in [0.2, 0.25) is 4.34 Å². The lowest BCUT2D eigenvalue weighted by Crippen LogP contribution is -2.26. The van der Waals surface area contributed by atoms with Crippen LogP contribution in [0.4, 0.5) is 18.9 Å². The lowest BCUT2D eigenvalue weighted by Gasteiger charge is -2.10. The Bertz CT molecular complexity index is 758. The summed E-state index contributed by atoms with van der Waals surface area (Å²) in [5, 5.41) is 6.55. The van der Waals surface area contributed by atoms with E-state index in [0.29, 0.717) is 10.0 Å². The molecule has 0 aliphatic rings. The third-order valence-corrected chi connectivity index (χ3v) is 4.26. The van der Waals surface area contributed by atoms with Crippen molar-refractivity contribution in [1.82, 2.24) is 5.43 Å².